The Kier molecular flexibility index (Phi) is 27.9. The molecule has 0 spiro atoms. The number of nitrogens with zero attached hydrogens (tertiary/aromatic N) is 12. The molecule has 6 aliphatic rings. The normalized spacial score (nSPS) is 21.2. The molecular formula is C85H97F13N16O10. The number of fused-ring (bicyclic) bond motifs is 4. The van der Waals surface area contributed by atoms with Crippen LogP contribution in [-0.4, -0.2) is 195 Å². The number of aliphatic hydroxyl groups is 4. The molecule has 668 valence electrons. The van der Waals surface area contributed by atoms with E-state index in [4.69, 9.17) is 0 Å². The fourth-order valence-corrected chi connectivity index (χ4v) is 16.0. The van der Waals surface area contributed by atoms with Crippen LogP contribution in [0.15, 0.2) is 147 Å². The molecule has 4 aromatic heterocycles. The summed E-state index contributed by atoms with van der Waals surface area (Å²) in [6.45, 7) is 16.4. The molecule has 26 nitrogen and oxygen atoms in total. The van der Waals surface area contributed by atoms with Gasteiger partial charge in [-0.1, -0.05) is 20.1 Å². The van der Waals surface area contributed by atoms with E-state index in [-0.39, 0.29) is 97.4 Å². The monoisotopic (exact) mass is 1750 g/mol. The summed E-state index contributed by atoms with van der Waals surface area (Å²) in [4.78, 5) is 79.4. The van der Waals surface area contributed by atoms with Crippen LogP contribution in [0.4, 0.5) is 79.8 Å². The van der Waals surface area contributed by atoms with Gasteiger partial charge in [-0.15, -0.1) is 0 Å². The van der Waals surface area contributed by atoms with E-state index in [0.29, 0.717) is 104 Å². The standard InChI is InChI=1S/C23H27F3N4O2.C21H24F4N4O3.C21H23F3N4O2.C20H23F3N4O3/c1-13(2)29-12-16(11-27-29)28-22(32)15-4-7-21(24)20(8-15)23(25,26)14(3)30-17-5-6-18(30)10-19(31)9-17;1-12(2)29-10-14(9-26-29)27-18(31)13-4-5-16(22)15(8-13)21(24,25)19(32)28-7-6-17(30)20(3,23)11-28;1-12(28-15-4-5-16(28)9-17(29)8-15)21(23,24)18-7-13(3-6-19(18)22)20(30)26-14-10-25-27(2)11-14;1-3-19(30)6-8-27(9-7-19)18(29)20(22,23)15-10-13(4-5-16(15)21)17(28)25-14-11-24-26(2)12-14/h4,7-8,11-13,17-19,31H,3,5-6,9-10H2,1-2H3,(H,28,32);4-5,8-10,12,17,30H,6-7,11H2,1-3H3,(H,27,31);3,6-7,10-11,15-17,29H,1,4-5,8-9H2,2H3,(H,26,30);4-5,10-12,30H,3,6-9H2,1-2H3,(H,25,28)/t17-,18+,19?;;15-,16+,17?;. The molecule has 124 heavy (non-hydrogen) atoms. The molecule has 39 heteroatoms. The Morgan fingerprint density at radius 2 is 0.766 bits per heavy atom. The predicted molar refractivity (Wildman–Crippen MR) is 428 cm³/mol. The lowest BCUT2D eigenvalue weighted by atomic mass is 9.88. The summed E-state index contributed by atoms with van der Waals surface area (Å²) >= 11 is 0. The molecule has 4 unspecified atom stereocenters. The first-order chi connectivity index (χ1) is 58.1. The number of hydrogen-bond acceptors (Lipinski definition) is 16. The highest BCUT2D eigenvalue weighted by atomic mass is 19.3. The van der Waals surface area contributed by atoms with Gasteiger partial charge in [-0.05, 0) is 184 Å². The second-order valence-corrected chi connectivity index (χ2v) is 32.7. The lowest BCUT2D eigenvalue weighted by Gasteiger charge is -2.42. The fraction of sp³-hybridized carbons (Fsp3) is 0.459. The fourth-order valence-electron chi connectivity index (χ4n) is 16.0. The first-order valence-corrected chi connectivity index (χ1v) is 40.1. The molecule has 14 rings (SSSR count). The van der Waals surface area contributed by atoms with Crippen LogP contribution in [-0.2, 0) is 47.4 Å². The molecule has 0 radical (unpaired) electrons. The summed E-state index contributed by atoms with van der Waals surface area (Å²) in [7, 11) is 3.31. The van der Waals surface area contributed by atoms with Crippen molar-refractivity contribution in [2.24, 2.45) is 14.1 Å². The average molecular weight is 1750 g/mol. The van der Waals surface area contributed by atoms with Gasteiger partial charge in [0, 0.05) is 117 Å². The first kappa shape index (κ1) is 93.3. The van der Waals surface area contributed by atoms with Gasteiger partial charge in [-0.3, -0.25) is 47.5 Å². The maximum absolute atomic E-state index is 15.4. The molecule has 0 aliphatic carbocycles. The lowest BCUT2D eigenvalue weighted by Crippen LogP contribution is -2.56. The minimum Gasteiger partial charge on any atom is -0.393 e. The third-order valence-corrected chi connectivity index (χ3v) is 23.1. The van der Waals surface area contributed by atoms with E-state index < -0.39 is 152 Å². The Morgan fingerprint density at radius 3 is 1.05 bits per heavy atom. The minimum atomic E-state index is -4.35. The van der Waals surface area contributed by atoms with E-state index >= 15 is 17.6 Å². The first-order valence-electron chi connectivity index (χ1n) is 40.1. The van der Waals surface area contributed by atoms with Gasteiger partial charge >= 0.3 is 23.7 Å². The highest BCUT2D eigenvalue weighted by Crippen LogP contribution is 2.49. The quantitative estimate of drug-likeness (QED) is 0.0310. The molecule has 6 saturated heterocycles. The zero-order valence-electron chi connectivity index (χ0n) is 69.0. The van der Waals surface area contributed by atoms with E-state index in [2.05, 4.69) is 54.8 Å². The summed E-state index contributed by atoms with van der Waals surface area (Å²) < 4.78 is 199. The molecule has 8 aromatic rings. The molecule has 8 N–H and O–H groups in total. The van der Waals surface area contributed by atoms with Crippen molar-refractivity contribution in [3.05, 3.63) is 215 Å². The Hall–Kier alpha value is -11.5. The summed E-state index contributed by atoms with van der Waals surface area (Å²) in [6, 6.07) is 9.74. The number of rotatable bonds is 21. The molecule has 0 saturated carbocycles. The zero-order chi connectivity index (χ0) is 90.8. The second-order valence-electron chi connectivity index (χ2n) is 32.7. The van der Waals surface area contributed by atoms with Gasteiger partial charge in [0.25, 0.3) is 35.4 Å². The number of anilines is 4. The van der Waals surface area contributed by atoms with E-state index in [1.807, 2.05) is 27.7 Å². The van der Waals surface area contributed by atoms with Crippen LogP contribution in [0, 0.1) is 23.3 Å². The minimum absolute atomic E-state index is 0.0323. The number of allylic oxidation sites excluding steroid dienone is 2. The molecule has 6 aliphatic heterocycles. The van der Waals surface area contributed by atoms with Gasteiger partial charge < -0.3 is 61.3 Å². The topological polar surface area (TPSA) is 316 Å². The van der Waals surface area contributed by atoms with Crippen molar-refractivity contribution in [3.63, 3.8) is 0 Å². The number of halogens is 13. The number of nitrogens with one attached hydrogen (secondary N) is 4. The molecule has 6 amide bonds. The van der Waals surface area contributed by atoms with Crippen molar-refractivity contribution in [3.8, 4) is 0 Å². The lowest BCUT2D eigenvalue weighted by molar-refractivity contribution is -0.167. The maximum atomic E-state index is 15.4. The summed E-state index contributed by atoms with van der Waals surface area (Å²) in [5.74, 6) is -27.0. The number of piperidine rings is 4. The third kappa shape index (κ3) is 20.6. The van der Waals surface area contributed by atoms with Crippen LogP contribution < -0.4 is 21.3 Å². The van der Waals surface area contributed by atoms with Crippen molar-refractivity contribution in [2.75, 3.05) is 47.4 Å². The molecule has 10 heterocycles. The van der Waals surface area contributed by atoms with E-state index in [1.165, 1.54) is 51.3 Å². The van der Waals surface area contributed by atoms with Gasteiger partial charge in [0.1, 0.15) is 23.3 Å². The summed E-state index contributed by atoms with van der Waals surface area (Å²) in [5, 5.41) is 65.8. The molecular weight excluding hydrogens is 1650 g/mol. The SMILES string of the molecule is C=C(N1[C@@H]2CC[C@H]1CC(O)C2)C(F)(F)c1cc(C(=O)Nc2cnn(C(C)C)c2)ccc1F.C=C(N1[C@@H]2CC[C@H]1CC(O)C2)C(F)(F)c1cc(C(=O)Nc2cnn(C)c2)ccc1F.CC(C)n1cc(NC(=O)c2ccc(F)c(C(F)(F)C(=O)N3CCC(O)C(C)(F)C3)c2)cn1.CCC1(O)CCN(C(=O)C(F)(F)c2cc(C(=O)Nc3cnn(C)c3)ccc2F)CC1. The second kappa shape index (κ2) is 37.2. The van der Waals surface area contributed by atoms with Crippen molar-refractivity contribution < 1.29 is 106 Å². The van der Waals surface area contributed by atoms with Crippen molar-refractivity contribution >= 4 is 58.2 Å². The predicted octanol–water partition coefficient (Wildman–Crippen LogP) is 13.8. The molecule has 4 aromatic carbocycles. The van der Waals surface area contributed by atoms with Gasteiger partial charge in [0.05, 0.1) is 112 Å². The van der Waals surface area contributed by atoms with Gasteiger partial charge in [0.2, 0.25) is 0 Å². The van der Waals surface area contributed by atoms with E-state index in [9.17, 15) is 88.7 Å². The number of aromatic nitrogens is 8. The zero-order valence-corrected chi connectivity index (χ0v) is 69.0. The third-order valence-electron chi connectivity index (χ3n) is 23.1. The largest absolute Gasteiger partial charge is 0.393 e. The van der Waals surface area contributed by atoms with Crippen molar-refractivity contribution in [1.29, 1.82) is 0 Å². The van der Waals surface area contributed by atoms with Crippen LogP contribution in [0.2, 0.25) is 0 Å². The maximum Gasteiger partial charge on any atom is 0.352 e. The van der Waals surface area contributed by atoms with Gasteiger partial charge in [0.15, 0.2) is 5.67 Å². The van der Waals surface area contributed by atoms with Crippen LogP contribution in [0.25, 0.3) is 0 Å². The van der Waals surface area contributed by atoms with Gasteiger partial charge in [-0.2, -0.15) is 55.5 Å². The highest BCUT2D eigenvalue weighted by molar-refractivity contribution is 6.06. The summed E-state index contributed by atoms with van der Waals surface area (Å²) in [6.07, 6.45) is 14.3. The number of aryl methyl sites for hydroxylation is 2. The van der Waals surface area contributed by atoms with Crippen LogP contribution in [0.5, 0.6) is 0 Å². The number of amides is 6. The van der Waals surface area contributed by atoms with Crippen molar-refractivity contribution in [1.82, 2.24) is 58.7 Å². The summed E-state index contributed by atoms with van der Waals surface area (Å²) in [5.41, 5.74) is -7.73. The number of alkyl halides is 9. The Balaban J connectivity index is 0.000000161. The Bertz CT molecular complexity index is 5250. The van der Waals surface area contributed by atoms with E-state index in [1.54, 1.807) is 53.9 Å². The highest BCUT2D eigenvalue weighted by Gasteiger charge is 2.54. The molecule has 6 fully saturated rings. The number of carbonyl (C=O) groups excluding carboxylic acids is 6. The molecule has 8 atom stereocenters. The number of likely N-dealkylation sites (tertiary alicyclic amines) is 2. The molecule has 4 bridgehead atoms. The number of carbonyl (C=O) groups is 6. The van der Waals surface area contributed by atoms with E-state index in [0.717, 1.165) is 60.4 Å². The van der Waals surface area contributed by atoms with Crippen LogP contribution in [0.3, 0.4) is 0 Å². The van der Waals surface area contributed by atoms with Gasteiger partial charge in [-0.25, -0.2) is 22.0 Å². The number of benzene rings is 4. The average Bonchev–Trinajstić information content (AvgIpc) is 1.48. The Labute approximate surface area is 704 Å². The number of hydrogen-bond donors (Lipinski definition) is 8. The Morgan fingerprint density at radius 1 is 0.468 bits per heavy atom. The number of aliphatic hydroxyl groups excluding tert-OH is 3. The smallest absolute Gasteiger partial charge is 0.352 e. The van der Waals surface area contributed by atoms with Crippen molar-refractivity contribution in [2.45, 2.75) is 208 Å². The van der Waals surface area contributed by atoms with Crippen LogP contribution >= 0.6 is 0 Å². The van der Waals surface area contributed by atoms with Crippen LogP contribution in [0.1, 0.15) is 194 Å².